The minimum Gasteiger partial charge on any atom is -0.497 e. The number of nitrogens with zero attached hydrogens (tertiary/aromatic N) is 1. The first kappa shape index (κ1) is 15.3. The van der Waals surface area contributed by atoms with Gasteiger partial charge in [0.05, 0.1) is 13.2 Å². The average Bonchev–Trinajstić information content (AvgIpc) is 2.56. The Morgan fingerprint density at radius 1 is 1.14 bits per heavy atom. The lowest BCUT2D eigenvalue weighted by atomic mass is 9.98. The van der Waals surface area contributed by atoms with Crippen LogP contribution in [0.15, 0.2) is 54.6 Å². The van der Waals surface area contributed by atoms with Crippen LogP contribution in [-0.4, -0.2) is 18.8 Å². The standard InChI is InChI=1S/C17H14N2O3/c1-22-14-9-5-8-13(10-14)19-17(21)15(11-18)16(20)12-6-3-2-4-7-12/h2-10,15H,1H3,(H,19,21). The maximum Gasteiger partial charge on any atom is 0.249 e. The molecule has 0 spiro atoms. The summed E-state index contributed by atoms with van der Waals surface area (Å²) in [5.41, 5.74) is 0.792. The number of anilines is 1. The van der Waals surface area contributed by atoms with Crippen LogP contribution in [0.25, 0.3) is 0 Å². The van der Waals surface area contributed by atoms with Crippen molar-refractivity contribution >= 4 is 17.4 Å². The van der Waals surface area contributed by atoms with E-state index in [9.17, 15) is 9.59 Å². The summed E-state index contributed by atoms with van der Waals surface area (Å²) in [6.07, 6.45) is 0. The number of nitrogens with one attached hydrogen (secondary N) is 1. The number of benzene rings is 2. The van der Waals surface area contributed by atoms with Crippen molar-refractivity contribution in [2.24, 2.45) is 5.92 Å². The van der Waals surface area contributed by atoms with Crippen LogP contribution in [0.3, 0.4) is 0 Å². The summed E-state index contributed by atoms with van der Waals surface area (Å²) in [5, 5.41) is 11.7. The van der Waals surface area contributed by atoms with Gasteiger partial charge in [-0.05, 0) is 12.1 Å². The van der Waals surface area contributed by atoms with E-state index in [2.05, 4.69) is 5.32 Å². The molecule has 22 heavy (non-hydrogen) atoms. The van der Waals surface area contributed by atoms with E-state index in [0.29, 0.717) is 17.0 Å². The second kappa shape index (κ2) is 7.04. The highest BCUT2D eigenvalue weighted by Crippen LogP contribution is 2.18. The molecule has 1 atom stereocenters. The second-order valence-corrected chi connectivity index (χ2v) is 4.51. The van der Waals surface area contributed by atoms with Crippen LogP contribution >= 0.6 is 0 Å². The van der Waals surface area contributed by atoms with Gasteiger partial charge in [0.2, 0.25) is 5.91 Å². The fraction of sp³-hybridized carbons (Fsp3) is 0.118. The maximum absolute atomic E-state index is 12.2. The van der Waals surface area contributed by atoms with Gasteiger partial charge in [-0.2, -0.15) is 5.26 Å². The number of nitriles is 1. The first-order valence-corrected chi connectivity index (χ1v) is 6.59. The number of Topliss-reactive ketones (excluding diaryl/α,β-unsaturated/α-hetero) is 1. The number of carbonyl (C=O) groups is 2. The molecule has 0 saturated heterocycles. The second-order valence-electron chi connectivity index (χ2n) is 4.51. The minimum absolute atomic E-state index is 0.329. The number of carbonyl (C=O) groups excluding carboxylic acids is 2. The van der Waals surface area contributed by atoms with Crippen molar-refractivity contribution in [2.45, 2.75) is 0 Å². The quantitative estimate of drug-likeness (QED) is 0.679. The number of hydrogen-bond acceptors (Lipinski definition) is 4. The van der Waals surface area contributed by atoms with E-state index >= 15 is 0 Å². The van der Waals surface area contributed by atoms with Crippen LogP contribution < -0.4 is 10.1 Å². The van der Waals surface area contributed by atoms with Crippen molar-refractivity contribution in [1.82, 2.24) is 0 Å². The molecule has 2 rings (SSSR count). The molecule has 0 heterocycles. The van der Waals surface area contributed by atoms with Crippen LogP contribution in [0.5, 0.6) is 5.75 Å². The highest BCUT2D eigenvalue weighted by Gasteiger charge is 2.27. The van der Waals surface area contributed by atoms with E-state index in [0.717, 1.165) is 0 Å². The lowest BCUT2D eigenvalue weighted by Crippen LogP contribution is -2.28. The zero-order valence-corrected chi connectivity index (χ0v) is 11.9. The van der Waals surface area contributed by atoms with Crippen LogP contribution in [-0.2, 0) is 4.79 Å². The summed E-state index contributed by atoms with van der Waals surface area (Å²) >= 11 is 0. The Bertz CT molecular complexity index is 720. The van der Waals surface area contributed by atoms with Gasteiger partial charge in [0.25, 0.3) is 0 Å². The van der Waals surface area contributed by atoms with Crippen LogP contribution in [0.1, 0.15) is 10.4 Å². The van der Waals surface area contributed by atoms with Gasteiger partial charge >= 0.3 is 0 Å². The third kappa shape index (κ3) is 3.49. The Morgan fingerprint density at radius 3 is 2.50 bits per heavy atom. The van der Waals surface area contributed by atoms with Crippen LogP contribution in [0.2, 0.25) is 0 Å². The van der Waals surface area contributed by atoms with E-state index < -0.39 is 17.6 Å². The summed E-state index contributed by atoms with van der Waals surface area (Å²) in [4.78, 5) is 24.4. The van der Waals surface area contributed by atoms with Gasteiger partial charge in [-0.3, -0.25) is 9.59 Å². The zero-order valence-electron chi connectivity index (χ0n) is 11.9. The van der Waals surface area contributed by atoms with E-state index in [1.54, 1.807) is 60.7 Å². The molecule has 0 aliphatic carbocycles. The lowest BCUT2D eigenvalue weighted by Gasteiger charge is -2.10. The molecular formula is C17H14N2O3. The molecule has 0 radical (unpaired) electrons. The number of ether oxygens (including phenoxy) is 1. The summed E-state index contributed by atoms with van der Waals surface area (Å²) in [6.45, 7) is 0. The average molecular weight is 294 g/mol. The maximum atomic E-state index is 12.2. The molecular weight excluding hydrogens is 280 g/mol. The molecule has 5 heteroatoms. The van der Waals surface area contributed by atoms with Crippen molar-refractivity contribution in [3.05, 3.63) is 60.2 Å². The summed E-state index contributed by atoms with van der Waals surface area (Å²) in [5.74, 6) is -2.01. The molecule has 0 aliphatic rings. The van der Waals surface area contributed by atoms with Crippen molar-refractivity contribution < 1.29 is 14.3 Å². The Balaban J connectivity index is 2.16. The van der Waals surface area contributed by atoms with Gasteiger partial charge in [0, 0.05) is 17.3 Å². The Hall–Kier alpha value is -3.13. The molecule has 0 aromatic heterocycles. The molecule has 110 valence electrons. The van der Waals surface area contributed by atoms with E-state index in [-0.39, 0.29) is 0 Å². The number of amides is 1. The monoisotopic (exact) mass is 294 g/mol. The van der Waals surface area contributed by atoms with Crippen molar-refractivity contribution in [1.29, 1.82) is 5.26 Å². The predicted octanol–water partition coefficient (Wildman–Crippen LogP) is 2.66. The smallest absolute Gasteiger partial charge is 0.249 e. The van der Waals surface area contributed by atoms with Gasteiger partial charge in [0.15, 0.2) is 11.7 Å². The normalized spacial score (nSPS) is 11.1. The Kier molecular flexibility index (Phi) is 4.89. The van der Waals surface area contributed by atoms with Gasteiger partial charge < -0.3 is 10.1 Å². The first-order valence-electron chi connectivity index (χ1n) is 6.59. The third-order valence-corrected chi connectivity index (χ3v) is 3.05. The molecule has 2 aromatic carbocycles. The summed E-state index contributed by atoms with van der Waals surface area (Å²) < 4.78 is 5.06. The highest BCUT2D eigenvalue weighted by molar-refractivity contribution is 6.15. The number of hydrogen-bond donors (Lipinski definition) is 1. The molecule has 1 amide bonds. The molecule has 0 aliphatic heterocycles. The first-order chi connectivity index (χ1) is 10.7. The molecule has 2 aromatic rings. The SMILES string of the molecule is COc1cccc(NC(=O)C(C#N)C(=O)c2ccccc2)c1. The van der Waals surface area contributed by atoms with Crippen molar-refractivity contribution in [3.63, 3.8) is 0 Å². The van der Waals surface area contributed by atoms with Gasteiger partial charge in [0.1, 0.15) is 5.75 Å². The molecule has 0 saturated carbocycles. The number of ketones is 1. The van der Waals surface area contributed by atoms with E-state index in [1.165, 1.54) is 7.11 Å². The topological polar surface area (TPSA) is 79.2 Å². The molecule has 0 bridgehead atoms. The van der Waals surface area contributed by atoms with Gasteiger partial charge in [-0.15, -0.1) is 0 Å². The largest absolute Gasteiger partial charge is 0.497 e. The Labute approximate surface area is 128 Å². The molecule has 5 nitrogen and oxygen atoms in total. The summed E-state index contributed by atoms with van der Waals surface area (Å²) in [7, 11) is 1.51. The number of methoxy groups -OCH3 is 1. The minimum atomic E-state index is -1.39. The van der Waals surface area contributed by atoms with Gasteiger partial charge in [-0.1, -0.05) is 36.4 Å². The predicted molar refractivity (Wildman–Crippen MR) is 81.5 cm³/mol. The van der Waals surface area contributed by atoms with Crippen molar-refractivity contribution in [2.75, 3.05) is 12.4 Å². The van der Waals surface area contributed by atoms with E-state index in [4.69, 9.17) is 10.00 Å². The number of rotatable bonds is 5. The Morgan fingerprint density at radius 2 is 1.86 bits per heavy atom. The van der Waals surface area contributed by atoms with Crippen molar-refractivity contribution in [3.8, 4) is 11.8 Å². The zero-order chi connectivity index (χ0) is 15.9. The summed E-state index contributed by atoms with van der Waals surface area (Å²) in [6, 6.07) is 16.7. The highest BCUT2D eigenvalue weighted by atomic mass is 16.5. The van der Waals surface area contributed by atoms with Crippen LogP contribution in [0.4, 0.5) is 5.69 Å². The van der Waals surface area contributed by atoms with Crippen LogP contribution in [0, 0.1) is 17.2 Å². The van der Waals surface area contributed by atoms with Gasteiger partial charge in [-0.25, -0.2) is 0 Å². The lowest BCUT2D eigenvalue weighted by molar-refractivity contribution is -0.117. The fourth-order valence-corrected chi connectivity index (χ4v) is 1.92. The molecule has 1 N–H and O–H groups in total. The fourth-order valence-electron chi connectivity index (χ4n) is 1.92. The van der Waals surface area contributed by atoms with E-state index in [1.807, 2.05) is 0 Å². The third-order valence-electron chi connectivity index (χ3n) is 3.05. The molecule has 0 fully saturated rings. The molecule has 1 unspecified atom stereocenters.